The maximum absolute atomic E-state index is 13.4. The zero-order valence-corrected chi connectivity index (χ0v) is 26.4. The van der Waals surface area contributed by atoms with E-state index < -0.39 is 27.3 Å². The fourth-order valence-corrected chi connectivity index (χ4v) is 9.44. The van der Waals surface area contributed by atoms with Crippen LogP contribution in [-0.4, -0.2) is 50.5 Å². The van der Waals surface area contributed by atoms with Gasteiger partial charge in [-0.15, -0.1) is 0 Å². The maximum atomic E-state index is 13.4. The normalized spacial score (nSPS) is 34.7. The summed E-state index contributed by atoms with van der Waals surface area (Å²) in [7, 11) is -3.90. The summed E-state index contributed by atoms with van der Waals surface area (Å²) in [6.45, 7) is 7.63. The first-order valence-electron chi connectivity index (χ1n) is 15.5. The smallest absolute Gasteiger partial charge is 0.264 e. The summed E-state index contributed by atoms with van der Waals surface area (Å²) in [4.78, 5) is 15.7. The summed E-state index contributed by atoms with van der Waals surface area (Å²) < 4.78 is 35.4. The molecule has 1 fully saturated rings. The van der Waals surface area contributed by atoms with E-state index in [-0.39, 0.29) is 23.2 Å². The number of hydrogen-bond donors (Lipinski definition) is 2. The maximum Gasteiger partial charge on any atom is 0.264 e. The molecule has 0 radical (unpaired) electrons. The van der Waals surface area contributed by atoms with Crippen molar-refractivity contribution in [1.29, 1.82) is 0 Å². The summed E-state index contributed by atoms with van der Waals surface area (Å²) in [5, 5.41) is 11.4. The van der Waals surface area contributed by atoms with Crippen LogP contribution < -0.4 is 14.4 Å². The summed E-state index contributed by atoms with van der Waals surface area (Å²) in [5.41, 5.74) is 3.38. The predicted octanol–water partition coefficient (Wildman–Crippen LogP) is 5.71. The zero-order chi connectivity index (χ0) is 29.8. The Morgan fingerprint density at radius 2 is 1.90 bits per heavy atom. The van der Waals surface area contributed by atoms with Gasteiger partial charge in [-0.05, 0) is 117 Å². The summed E-state index contributed by atoms with van der Waals surface area (Å²) in [6, 6.07) is 11.4. The Kier molecular flexibility index (Phi) is 8.03. The van der Waals surface area contributed by atoms with E-state index in [0.717, 1.165) is 49.4 Å². The minimum Gasteiger partial charge on any atom is -0.490 e. The molecule has 7 nitrogen and oxygen atoms in total. The monoisotopic (exact) mass is 614 g/mol. The van der Waals surface area contributed by atoms with Crippen LogP contribution in [0.5, 0.6) is 5.75 Å². The molecule has 2 bridgehead atoms. The lowest BCUT2D eigenvalue weighted by Gasteiger charge is -2.46. The van der Waals surface area contributed by atoms with Crippen molar-refractivity contribution in [2.45, 2.75) is 82.5 Å². The van der Waals surface area contributed by atoms with Crippen LogP contribution in [0.2, 0.25) is 5.02 Å². The number of nitrogens with zero attached hydrogens (tertiary/aromatic N) is 1. The Balaban J connectivity index is 1.42. The number of aliphatic hydroxyl groups is 1. The molecule has 228 valence electrons. The van der Waals surface area contributed by atoms with Crippen LogP contribution >= 0.6 is 11.6 Å². The number of anilines is 1. The van der Waals surface area contributed by atoms with Crippen LogP contribution in [0.3, 0.4) is 0 Å². The Morgan fingerprint density at radius 1 is 1.10 bits per heavy atom. The summed E-state index contributed by atoms with van der Waals surface area (Å²) in [6.07, 6.45) is 5.92. The largest absolute Gasteiger partial charge is 0.490 e. The number of fused-ring (bicyclic) bond motifs is 4. The highest BCUT2D eigenvalue weighted by atomic mass is 35.5. The highest BCUT2D eigenvalue weighted by Crippen LogP contribution is 2.47. The van der Waals surface area contributed by atoms with Crippen molar-refractivity contribution in [3.63, 3.8) is 0 Å². The number of sulfonamides is 1. The molecule has 1 saturated carbocycles. The minimum atomic E-state index is -3.90. The van der Waals surface area contributed by atoms with Gasteiger partial charge in [-0.3, -0.25) is 4.79 Å². The Hall–Kier alpha value is -2.29. The lowest BCUT2D eigenvalue weighted by atomic mass is 9.67. The minimum absolute atomic E-state index is 0.164. The SMILES string of the molecule is C[C@H]1C[C@@H](O)[C@@H]2CC[C@H]2CN2C[C@@]3(CCCc4cc(Cl)ccc43)COc3ccc(cc32)C(=O)NS(=O)(=O)[C@H](C)[C@@H](C)C1. The van der Waals surface area contributed by atoms with Gasteiger partial charge in [0.2, 0.25) is 10.0 Å². The first-order valence-corrected chi connectivity index (χ1v) is 17.4. The first kappa shape index (κ1) is 29.8. The van der Waals surface area contributed by atoms with E-state index in [9.17, 15) is 18.3 Å². The van der Waals surface area contributed by atoms with Crippen molar-refractivity contribution in [3.05, 3.63) is 58.1 Å². The quantitative estimate of drug-likeness (QED) is 0.394. The lowest BCUT2D eigenvalue weighted by molar-refractivity contribution is 0.000383. The molecule has 42 heavy (non-hydrogen) atoms. The first-order chi connectivity index (χ1) is 20.0. The molecule has 2 aromatic rings. The lowest BCUT2D eigenvalue weighted by Crippen LogP contribution is -2.49. The molecular formula is C33H43ClN2O5S. The molecule has 1 spiro atoms. The van der Waals surface area contributed by atoms with Crippen LogP contribution in [0, 0.1) is 23.7 Å². The van der Waals surface area contributed by atoms with Crippen LogP contribution in [0.25, 0.3) is 0 Å². The molecule has 4 aliphatic rings. The Bertz CT molecular complexity index is 1460. The predicted molar refractivity (Wildman–Crippen MR) is 166 cm³/mol. The number of ether oxygens (including phenoxy) is 1. The van der Waals surface area contributed by atoms with Crippen LogP contribution in [0.15, 0.2) is 36.4 Å². The molecule has 2 aromatic carbocycles. The number of aryl methyl sites for hydroxylation is 1. The Morgan fingerprint density at radius 3 is 2.67 bits per heavy atom. The Labute approximate surface area is 255 Å². The van der Waals surface area contributed by atoms with Crippen molar-refractivity contribution in [1.82, 2.24) is 4.72 Å². The van der Waals surface area contributed by atoms with Crippen molar-refractivity contribution in [2.24, 2.45) is 23.7 Å². The molecule has 0 saturated heterocycles. The highest BCUT2D eigenvalue weighted by Gasteiger charge is 2.44. The van der Waals surface area contributed by atoms with Gasteiger partial charge in [0.1, 0.15) is 5.75 Å². The van der Waals surface area contributed by atoms with E-state index in [4.69, 9.17) is 16.3 Å². The van der Waals surface area contributed by atoms with Crippen molar-refractivity contribution in [2.75, 3.05) is 24.6 Å². The van der Waals surface area contributed by atoms with E-state index >= 15 is 0 Å². The number of nitrogens with one attached hydrogen (secondary N) is 1. The molecule has 2 aliphatic carbocycles. The van der Waals surface area contributed by atoms with Gasteiger partial charge in [0.05, 0.1) is 23.6 Å². The van der Waals surface area contributed by atoms with E-state index in [1.54, 1.807) is 25.1 Å². The second-order valence-corrected chi connectivity index (χ2v) is 16.1. The molecule has 2 heterocycles. The van der Waals surface area contributed by atoms with Crippen molar-refractivity contribution >= 4 is 33.2 Å². The van der Waals surface area contributed by atoms with Gasteiger partial charge in [-0.1, -0.05) is 31.5 Å². The van der Waals surface area contributed by atoms with Crippen molar-refractivity contribution in [3.8, 4) is 5.75 Å². The summed E-state index contributed by atoms with van der Waals surface area (Å²) >= 11 is 6.39. The molecule has 0 unspecified atom stereocenters. The van der Waals surface area contributed by atoms with Crippen LogP contribution in [-0.2, 0) is 21.9 Å². The van der Waals surface area contributed by atoms with E-state index in [2.05, 4.69) is 28.7 Å². The number of carbonyl (C=O) groups excluding carboxylic acids is 1. The number of amides is 1. The number of hydrogen-bond acceptors (Lipinski definition) is 6. The number of benzene rings is 2. The average molecular weight is 615 g/mol. The van der Waals surface area contributed by atoms with Gasteiger partial charge in [0.15, 0.2) is 0 Å². The third kappa shape index (κ3) is 5.55. The third-order valence-electron chi connectivity index (χ3n) is 10.7. The van der Waals surface area contributed by atoms with Gasteiger partial charge >= 0.3 is 0 Å². The molecule has 2 N–H and O–H groups in total. The number of halogens is 1. The van der Waals surface area contributed by atoms with Gasteiger partial charge < -0.3 is 14.7 Å². The molecule has 9 heteroatoms. The second kappa shape index (κ2) is 11.3. The number of carbonyl (C=O) groups is 1. The van der Waals surface area contributed by atoms with Gasteiger partial charge in [-0.2, -0.15) is 0 Å². The number of aliphatic hydroxyl groups excluding tert-OH is 1. The molecule has 1 amide bonds. The van der Waals surface area contributed by atoms with Crippen molar-refractivity contribution < 1.29 is 23.1 Å². The highest BCUT2D eigenvalue weighted by molar-refractivity contribution is 7.90. The molecule has 2 aliphatic heterocycles. The molecule has 0 aromatic heterocycles. The van der Waals surface area contributed by atoms with E-state index in [1.807, 2.05) is 13.0 Å². The fraction of sp³-hybridized carbons (Fsp3) is 0.606. The number of rotatable bonds is 0. The van der Waals surface area contributed by atoms with Gasteiger partial charge in [-0.25, -0.2) is 13.1 Å². The molecule has 7 atom stereocenters. The van der Waals surface area contributed by atoms with E-state index in [0.29, 0.717) is 43.2 Å². The zero-order valence-electron chi connectivity index (χ0n) is 24.8. The van der Waals surface area contributed by atoms with Gasteiger partial charge in [0.25, 0.3) is 5.91 Å². The van der Waals surface area contributed by atoms with E-state index in [1.165, 1.54) is 11.1 Å². The fourth-order valence-electron chi connectivity index (χ4n) is 7.96. The molecule has 6 rings (SSSR count). The summed E-state index contributed by atoms with van der Waals surface area (Å²) in [5.74, 6) is 0.598. The third-order valence-corrected chi connectivity index (χ3v) is 12.8. The molecular weight excluding hydrogens is 572 g/mol. The average Bonchev–Trinajstić information content (AvgIpc) is 3.06. The standard InChI is InChI=1S/C33H43ClN2O5S/c1-20-13-21(2)22(3)42(39,40)35-32(38)24-7-11-31-29(16-24)36(17-25-6-9-27(25)30(37)14-20)18-33(19-41-31)12-4-5-23-15-26(34)8-10-28(23)33/h7-8,10-11,15-16,20-22,25,27,30,37H,4-6,9,12-14,17-19H2,1-3H3,(H,35,38)/t20-,21+,22-,25+,27-,30-,33+/m1/s1. The van der Waals surface area contributed by atoms with Crippen LogP contribution in [0.4, 0.5) is 5.69 Å². The van der Waals surface area contributed by atoms with Gasteiger partial charge in [0, 0.05) is 29.1 Å². The second-order valence-electron chi connectivity index (χ2n) is 13.6. The van der Waals surface area contributed by atoms with Crippen LogP contribution in [0.1, 0.15) is 80.8 Å². The topological polar surface area (TPSA) is 95.9 Å².